The van der Waals surface area contributed by atoms with Gasteiger partial charge in [0.15, 0.2) is 0 Å². The molecule has 0 radical (unpaired) electrons. The predicted octanol–water partition coefficient (Wildman–Crippen LogP) is 0.912. The second-order valence-electron chi connectivity index (χ2n) is 6.12. The van der Waals surface area contributed by atoms with Crippen LogP contribution in [0.5, 0.6) is 0 Å². The van der Waals surface area contributed by atoms with E-state index in [-0.39, 0.29) is 36.3 Å². The number of aliphatic hydroxyl groups excluding tert-OH is 1. The van der Waals surface area contributed by atoms with Gasteiger partial charge < -0.3 is 15.3 Å². The number of nitrogens with zero attached hydrogens (tertiary/aromatic N) is 1. The molecule has 1 heterocycles. The predicted molar refractivity (Wildman–Crippen MR) is 76.0 cm³/mol. The normalized spacial score (nSPS) is 28.2. The topological polar surface area (TPSA) is 69.6 Å². The summed E-state index contributed by atoms with van der Waals surface area (Å²) in [6.45, 7) is 3.40. The Morgan fingerprint density at radius 1 is 1.15 bits per heavy atom. The number of carbonyl (C=O) groups is 2. The highest BCUT2D eigenvalue weighted by molar-refractivity contribution is 5.88. The molecule has 114 valence electrons. The molecule has 20 heavy (non-hydrogen) atoms. The van der Waals surface area contributed by atoms with Crippen LogP contribution in [0.3, 0.4) is 0 Å². The molecule has 1 aliphatic carbocycles. The first-order valence-electron chi connectivity index (χ1n) is 7.83. The molecule has 2 aliphatic rings. The van der Waals surface area contributed by atoms with Crippen molar-refractivity contribution in [1.82, 2.24) is 10.2 Å². The molecule has 0 aromatic rings. The van der Waals surface area contributed by atoms with Crippen molar-refractivity contribution in [3.8, 4) is 0 Å². The van der Waals surface area contributed by atoms with Crippen molar-refractivity contribution >= 4 is 11.8 Å². The minimum absolute atomic E-state index is 0.0659. The molecule has 2 fully saturated rings. The monoisotopic (exact) mass is 282 g/mol. The van der Waals surface area contributed by atoms with Gasteiger partial charge in [0, 0.05) is 31.0 Å². The van der Waals surface area contributed by atoms with Crippen LogP contribution in [-0.2, 0) is 9.59 Å². The molecule has 3 atom stereocenters. The second-order valence-corrected chi connectivity index (χ2v) is 6.12. The fourth-order valence-corrected chi connectivity index (χ4v) is 3.31. The van der Waals surface area contributed by atoms with E-state index in [9.17, 15) is 9.59 Å². The number of likely N-dealkylation sites (tertiary alicyclic amines) is 1. The summed E-state index contributed by atoms with van der Waals surface area (Å²) in [6, 6.07) is -0.244. The Balaban J connectivity index is 2.00. The first kappa shape index (κ1) is 15.3. The van der Waals surface area contributed by atoms with E-state index >= 15 is 0 Å². The minimum Gasteiger partial charge on any atom is -0.394 e. The largest absolute Gasteiger partial charge is 0.394 e. The maximum absolute atomic E-state index is 12.6. The van der Waals surface area contributed by atoms with Gasteiger partial charge in [-0.25, -0.2) is 0 Å². The Labute approximate surface area is 120 Å². The highest BCUT2D eigenvalue weighted by atomic mass is 16.3. The number of hydrogen-bond donors (Lipinski definition) is 2. The molecule has 5 nitrogen and oxygen atoms in total. The summed E-state index contributed by atoms with van der Waals surface area (Å²) in [5, 5.41) is 11.9. The van der Waals surface area contributed by atoms with E-state index < -0.39 is 0 Å². The Morgan fingerprint density at radius 3 is 2.35 bits per heavy atom. The van der Waals surface area contributed by atoms with Gasteiger partial charge in [-0.2, -0.15) is 0 Å². The first-order chi connectivity index (χ1) is 9.63. The van der Waals surface area contributed by atoms with Gasteiger partial charge in [-0.15, -0.1) is 0 Å². The van der Waals surface area contributed by atoms with Gasteiger partial charge in [0.05, 0.1) is 6.61 Å². The molecule has 0 bridgehead atoms. The number of aliphatic hydroxyl groups is 1. The van der Waals surface area contributed by atoms with Crippen LogP contribution in [-0.4, -0.2) is 47.6 Å². The third-order valence-corrected chi connectivity index (χ3v) is 4.50. The Morgan fingerprint density at radius 2 is 1.75 bits per heavy atom. The smallest absolute Gasteiger partial charge is 0.226 e. The molecule has 0 aromatic carbocycles. The van der Waals surface area contributed by atoms with Crippen molar-refractivity contribution in [2.24, 2.45) is 11.8 Å². The van der Waals surface area contributed by atoms with Gasteiger partial charge in [-0.1, -0.05) is 12.8 Å². The molecule has 3 unspecified atom stereocenters. The molecule has 1 aliphatic heterocycles. The summed E-state index contributed by atoms with van der Waals surface area (Å²) < 4.78 is 0. The number of rotatable bonds is 4. The maximum Gasteiger partial charge on any atom is 0.226 e. The lowest BCUT2D eigenvalue weighted by Gasteiger charge is -2.33. The summed E-state index contributed by atoms with van der Waals surface area (Å²) in [7, 11) is 0. The summed E-state index contributed by atoms with van der Waals surface area (Å²) in [5.41, 5.74) is 0. The Kier molecular flexibility index (Phi) is 5.40. The number of carbonyl (C=O) groups excluding carboxylic acids is 2. The lowest BCUT2D eigenvalue weighted by atomic mass is 9.77. The van der Waals surface area contributed by atoms with Gasteiger partial charge in [-0.3, -0.25) is 9.59 Å². The summed E-state index contributed by atoms with van der Waals surface area (Å²) >= 11 is 0. The minimum atomic E-state index is -0.244. The van der Waals surface area contributed by atoms with Gasteiger partial charge in [0.25, 0.3) is 0 Å². The fourth-order valence-electron chi connectivity index (χ4n) is 3.31. The van der Waals surface area contributed by atoms with Crippen molar-refractivity contribution < 1.29 is 14.7 Å². The molecular formula is C15H26N2O3. The molecular weight excluding hydrogens is 256 g/mol. The number of nitrogens with one attached hydrogen (secondary N) is 1. The highest BCUT2D eigenvalue weighted by Gasteiger charge is 2.38. The molecule has 5 heteroatoms. The van der Waals surface area contributed by atoms with Crippen LogP contribution in [0.25, 0.3) is 0 Å². The van der Waals surface area contributed by atoms with Crippen LogP contribution in [0.4, 0.5) is 0 Å². The van der Waals surface area contributed by atoms with E-state index in [1.54, 1.807) is 6.92 Å². The van der Waals surface area contributed by atoms with E-state index in [0.717, 1.165) is 51.6 Å². The SMILES string of the molecule is CC(CO)NC(=O)C1CCCCC1C(=O)N1CCCC1. The van der Waals surface area contributed by atoms with Crippen LogP contribution in [0.2, 0.25) is 0 Å². The summed E-state index contributed by atoms with van der Waals surface area (Å²) in [4.78, 5) is 26.8. The molecule has 2 rings (SSSR count). The summed E-state index contributed by atoms with van der Waals surface area (Å²) in [5.74, 6) is -0.276. The zero-order valence-electron chi connectivity index (χ0n) is 12.3. The van der Waals surface area contributed by atoms with Crippen LogP contribution in [0, 0.1) is 11.8 Å². The fraction of sp³-hybridized carbons (Fsp3) is 0.867. The van der Waals surface area contributed by atoms with Crippen molar-refractivity contribution in [2.75, 3.05) is 19.7 Å². The maximum atomic E-state index is 12.6. The third-order valence-electron chi connectivity index (χ3n) is 4.50. The van der Waals surface area contributed by atoms with E-state index in [2.05, 4.69) is 5.32 Å². The van der Waals surface area contributed by atoms with E-state index in [1.807, 2.05) is 4.90 Å². The van der Waals surface area contributed by atoms with E-state index in [1.165, 1.54) is 0 Å². The van der Waals surface area contributed by atoms with Crippen molar-refractivity contribution in [3.63, 3.8) is 0 Å². The zero-order chi connectivity index (χ0) is 14.5. The van der Waals surface area contributed by atoms with Gasteiger partial charge >= 0.3 is 0 Å². The van der Waals surface area contributed by atoms with Crippen molar-refractivity contribution in [3.05, 3.63) is 0 Å². The van der Waals surface area contributed by atoms with E-state index in [4.69, 9.17) is 5.11 Å². The molecule has 2 amide bonds. The van der Waals surface area contributed by atoms with Gasteiger partial charge in [0.1, 0.15) is 0 Å². The second kappa shape index (κ2) is 7.07. The quantitative estimate of drug-likeness (QED) is 0.805. The van der Waals surface area contributed by atoms with Crippen molar-refractivity contribution in [2.45, 2.75) is 51.5 Å². The van der Waals surface area contributed by atoms with Crippen molar-refractivity contribution in [1.29, 1.82) is 0 Å². The molecule has 1 saturated carbocycles. The third kappa shape index (κ3) is 3.51. The zero-order valence-corrected chi connectivity index (χ0v) is 12.3. The van der Waals surface area contributed by atoms with Gasteiger partial charge in [-0.05, 0) is 32.6 Å². The van der Waals surface area contributed by atoms with Crippen LogP contribution >= 0.6 is 0 Å². The van der Waals surface area contributed by atoms with Crippen LogP contribution in [0.15, 0.2) is 0 Å². The molecule has 0 spiro atoms. The van der Waals surface area contributed by atoms with E-state index in [0.29, 0.717) is 0 Å². The number of amides is 2. The average Bonchev–Trinajstić information content (AvgIpc) is 3.00. The lowest BCUT2D eigenvalue weighted by Crippen LogP contribution is -2.47. The molecule has 0 aromatic heterocycles. The van der Waals surface area contributed by atoms with Gasteiger partial charge in [0.2, 0.25) is 11.8 Å². The lowest BCUT2D eigenvalue weighted by molar-refractivity contribution is -0.143. The number of hydrogen-bond acceptors (Lipinski definition) is 3. The standard InChI is InChI=1S/C15H26N2O3/c1-11(10-18)16-14(19)12-6-2-3-7-13(12)15(20)17-8-4-5-9-17/h11-13,18H,2-10H2,1H3,(H,16,19). The average molecular weight is 282 g/mol. The summed E-state index contributed by atoms with van der Waals surface area (Å²) in [6.07, 6.45) is 5.81. The van der Waals surface area contributed by atoms with Crippen LogP contribution in [0.1, 0.15) is 45.4 Å². The molecule has 1 saturated heterocycles. The van der Waals surface area contributed by atoms with Crippen LogP contribution < -0.4 is 5.32 Å². The highest BCUT2D eigenvalue weighted by Crippen LogP contribution is 2.32. The Hall–Kier alpha value is -1.10. The molecule has 2 N–H and O–H groups in total. The first-order valence-corrected chi connectivity index (χ1v) is 7.83. The Bertz CT molecular complexity index is 353.